The fourth-order valence-electron chi connectivity index (χ4n) is 1.24. The van der Waals surface area contributed by atoms with Gasteiger partial charge in [0.15, 0.2) is 0 Å². The maximum absolute atomic E-state index is 11.4. The van der Waals surface area contributed by atoms with Crippen LogP contribution in [0.3, 0.4) is 0 Å². The second-order valence-corrected chi connectivity index (χ2v) is 4.21. The summed E-state index contributed by atoms with van der Waals surface area (Å²) < 4.78 is 0. The van der Waals surface area contributed by atoms with Crippen molar-refractivity contribution in [2.24, 2.45) is 0 Å². The van der Waals surface area contributed by atoms with Gasteiger partial charge in [-0.15, -0.1) is 0 Å². The van der Waals surface area contributed by atoms with Gasteiger partial charge in [-0.3, -0.25) is 4.79 Å². The van der Waals surface area contributed by atoms with Crippen LogP contribution in [0.5, 0.6) is 0 Å². The molecule has 0 fully saturated rings. The van der Waals surface area contributed by atoms with Crippen LogP contribution in [-0.4, -0.2) is 11.2 Å². The zero-order valence-electron chi connectivity index (χ0n) is 8.66. The number of hydrogen-bond acceptors (Lipinski definition) is 2. The smallest absolute Gasteiger partial charge is 0.236 e. The first kappa shape index (κ1) is 11.1. The van der Waals surface area contributed by atoms with Gasteiger partial charge in [0.25, 0.3) is 0 Å². The number of anilines is 1. The second kappa shape index (κ2) is 4.51. The quantitative estimate of drug-likeness (QED) is 0.720. The minimum Gasteiger partial charge on any atom is -0.325 e. The molecule has 0 heterocycles. The molecule has 1 N–H and O–H groups in total. The Morgan fingerprint density at radius 3 is 2.29 bits per heavy atom. The molecule has 14 heavy (non-hydrogen) atoms. The van der Waals surface area contributed by atoms with Crippen LogP contribution in [0.2, 0.25) is 0 Å². The SMILES string of the molecule is Cc1cccc(C)c1NC(=O)C(C)S. The highest BCUT2D eigenvalue weighted by molar-refractivity contribution is 7.81. The lowest BCUT2D eigenvalue weighted by atomic mass is 10.1. The van der Waals surface area contributed by atoms with E-state index in [-0.39, 0.29) is 11.2 Å². The zero-order chi connectivity index (χ0) is 10.7. The van der Waals surface area contributed by atoms with Gasteiger partial charge in [0.2, 0.25) is 5.91 Å². The number of thiol groups is 1. The minimum atomic E-state index is -0.283. The summed E-state index contributed by atoms with van der Waals surface area (Å²) in [5, 5.41) is 2.58. The highest BCUT2D eigenvalue weighted by Crippen LogP contribution is 2.19. The summed E-state index contributed by atoms with van der Waals surface area (Å²) in [6.07, 6.45) is 0. The maximum atomic E-state index is 11.4. The van der Waals surface area contributed by atoms with E-state index in [0.29, 0.717) is 0 Å². The predicted molar refractivity (Wildman–Crippen MR) is 63.0 cm³/mol. The van der Waals surface area contributed by atoms with Crippen LogP contribution < -0.4 is 5.32 Å². The molecule has 0 aromatic heterocycles. The standard InChI is InChI=1S/C11H15NOS/c1-7-5-4-6-8(2)10(7)12-11(13)9(3)14/h4-6,9,14H,1-3H3,(H,12,13). The third-order valence-electron chi connectivity index (χ3n) is 2.11. The minimum absolute atomic E-state index is 0.0641. The maximum Gasteiger partial charge on any atom is 0.236 e. The van der Waals surface area contributed by atoms with Crippen molar-refractivity contribution < 1.29 is 4.79 Å². The van der Waals surface area contributed by atoms with Crippen molar-refractivity contribution >= 4 is 24.2 Å². The molecular formula is C11H15NOS. The molecule has 1 unspecified atom stereocenters. The van der Waals surface area contributed by atoms with Gasteiger partial charge in [-0.2, -0.15) is 12.6 Å². The molecule has 1 aromatic carbocycles. The number of carbonyl (C=O) groups is 1. The molecule has 0 radical (unpaired) electrons. The molecule has 1 amide bonds. The van der Waals surface area contributed by atoms with Crippen molar-refractivity contribution in [3.8, 4) is 0 Å². The van der Waals surface area contributed by atoms with Crippen LogP contribution in [0, 0.1) is 13.8 Å². The summed E-state index contributed by atoms with van der Waals surface area (Å²) in [6.45, 7) is 5.71. The summed E-state index contributed by atoms with van der Waals surface area (Å²) in [6, 6.07) is 5.93. The summed E-state index contributed by atoms with van der Waals surface area (Å²) in [5.41, 5.74) is 3.05. The van der Waals surface area contributed by atoms with Crippen molar-refractivity contribution in [2.45, 2.75) is 26.0 Å². The Morgan fingerprint density at radius 2 is 1.86 bits per heavy atom. The van der Waals surface area contributed by atoms with Crippen molar-refractivity contribution in [3.63, 3.8) is 0 Å². The Balaban J connectivity index is 2.91. The summed E-state index contributed by atoms with van der Waals surface area (Å²) in [5.74, 6) is -0.0641. The molecule has 2 nitrogen and oxygen atoms in total. The molecule has 1 rings (SSSR count). The number of aryl methyl sites for hydroxylation is 2. The number of carbonyl (C=O) groups excluding carboxylic acids is 1. The Labute approximate surface area is 90.1 Å². The van der Waals surface area contributed by atoms with Gasteiger partial charge in [0.1, 0.15) is 0 Å². The van der Waals surface area contributed by atoms with Crippen LogP contribution in [0.25, 0.3) is 0 Å². The molecule has 3 heteroatoms. The molecule has 76 valence electrons. The molecule has 0 bridgehead atoms. The van der Waals surface area contributed by atoms with Gasteiger partial charge in [-0.1, -0.05) is 18.2 Å². The van der Waals surface area contributed by atoms with E-state index in [4.69, 9.17) is 0 Å². The average molecular weight is 209 g/mol. The number of para-hydroxylation sites is 1. The van der Waals surface area contributed by atoms with Gasteiger partial charge in [0.05, 0.1) is 5.25 Å². The van der Waals surface area contributed by atoms with E-state index in [1.807, 2.05) is 32.0 Å². The normalized spacial score (nSPS) is 12.3. The molecule has 1 aromatic rings. The van der Waals surface area contributed by atoms with Crippen LogP contribution in [-0.2, 0) is 4.79 Å². The van der Waals surface area contributed by atoms with E-state index in [1.54, 1.807) is 6.92 Å². The Hall–Kier alpha value is -0.960. The van der Waals surface area contributed by atoms with Crippen LogP contribution >= 0.6 is 12.6 Å². The summed E-state index contributed by atoms with van der Waals surface area (Å²) >= 11 is 4.08. The molecule has 0 aliphatic heterocycles. The van der Waals surface area contributed by atoms with Crippen molar-refractivity contribution in [2.75, 3.05) is 5.32 Å². The van der Waals surface area contributed by atoms with Crippen LogP contribution in [0.15, 0.2) is 18.2 Å². The lowest BCUT2D eigenvalue weighted by Gasteiger charge is -2.12. The molecule has 0 spiro atoms. The molecule has 0 saturated heterocycles. The first-order chi connectivity index (χ1) is 6.52. The van der Waals surface area contributed by atoms with Crippen LogP contribution in [0.1, 0.15) is 18.1 Å². The molecule has 1 atom stereocenters. The highest BCUT2D eigenvalue weighted by Gasteiger charge is 2.10. The second-order valence-electron chi connectivity index (χ2n) is 3.43. The van der Waals surface area contributed by atoms with Crippen LogP contribution in [0.4, 0.5) is 5.69 Å². The summed E-state index contributed by atoms with van der Waals surface area (Å²) in [4.78, 5) is 11.4. The van der Waals surface area contributed by atoms with Crippen molar-refractivity contribution in [1.29, 1.82) is 0 Å². The number of rotatable bonds is 2. The molecule has 0 aliphatic carbocycles. The lowest BCUT2D eigenvalue weighted by molar-refractivity contribution is -0.115. The van der Waals surface area contributed by atoms with Gasteiger partial charge in [-0.05, 0) is 31.9 Å². The highest BCUT2D eigenvalue weighted by atomic mass is 32.1. The van der Waals surface area contributed by atoms with E-state index in [9.17, 15) is 4.79 Å². The third-order valence-corrected chi connectivity index (χ3v) is 2.34. The first-order valence-electron chi connectivity index (χ1n) is 4.57. The van der Waals surface area contributed by atoms with E-state index < -0.39 is 0 Å². The molecule has 0 aliphatic rings. The topological polar surface area (TPSA) is 29.1 Å². The van der Waals surface area contributed by atoms with Gasteiger partial charge >= 0.3 is 0 Å². The van der Waals surface area contributed by atoms with Crippen molar-refractivity contribution in [3.05, 3.63) is 29.3 Å². The van der Waals surface area contributed by atoms with Gasteiger partial charge < -0.3 is 5.32 Å². The molecular weight excluding hydrogens is 194 g/mol. The average Bonchev–Trinajstić information content (AvgIpc) is 2.11. The molecule has 0 saturated carbocycles. The number of nitrogens with one attached hydrogen (secondary N) is 1. The third kappa shape index (κ3) is 2.51. The number of benzene rings is 1. The van der Waals surface area contributed by atoms with E-state index in [1.165, 1.54) is 0 Å². The van der Waals surface area contributed by atoms with E-state index >= 15 is 0 Å². The monoisotopic (exact) mass is 209 g/mol. The van der Waals surface area contributed by atoms with Gasteiger partial charge in [-0.25, -0.2) is 0 Å². The first-order valence-corrected chi connectivity index (χ1v) is 5.09. The fourth-order valence-corrected chi connectivity index (χ4v) is 1.30. The predicted octanol–water partition coefficient (Wildman–Crippen LogP) is 2.56. The number of hydrogen-bond donors (Lipinski definition) is 2. The van der Waals surface area contributed by atoms with E-state index in [2.05, 4.69) is 17.9 Å². The van der Waals surface area contributed by atoms with Gasteiger partial charge in [0, 0.05) is 5.69 Å². The fraction of sp³-hybridized carbons (Fsp3) is 0.364. The number of amides is 1. The Morgan fingerprint density at radius 1 is 1.36 bits per heavy atom. The summed E-state index contributed by atoms with van der Waals surface area (Å²) in [7, 11) is 0. The largest absolute Gasteiger partial charge is 0.325 e. The Kier molecular flexibility index (Phi) is 3.58. The van der Waals surface area contributed by atoms with Crippen molar-refractivity contribution in [1.82, 2.24) is 0 Å². The zero-order valence-corrected chi connectivity index (χ0v) is 9.56. The Bertz CT molecular complexity index is 327. The lowest BCUT2D eigenvalue weighted by Crippen LogP contribution is -2.21. The van der Waals surface area contributed by atoms with E-state index in [0.717, 1.165) is 16.8 Å².